The summed E-state index contributed by atoms with van der Waals surface area (Å²) in [7, 11) is -3.38. The molecule has 0 fully saturated rings. The molecule has 0 unspecified atom stereocenters. The first-order valence-corrected chi connectivity index (χ1v) is 9.03. The summed E-state index contributed by atoms with van der Waals surface area (Å²) >= 11 is 0.877. The van der Waals surface area contributed by atoms with Crippen LogP contribution in [0.2, 0.25) is 0 Å². The molecule has 0 bridgehead atoms. The fourth-order valence-electron chi connectivity index (χ4n) is 1.80. The second-order valence-corrected chi connectivity index (χ2v) is 7.91. The van der Waals surface area contributed by atoms with Gasteiger partial charge in [0.1, 0.15) is 0 Å². The number of benzene rings is 2. The Labute approximate surface area is 139 Å². The number of alkyl halides is 3. The number of nitrogens with zero attached hydrogens (tertiary/aromatic N) is 1. The van der Waals surface area contributed by atoms with Gasteiger partial charge in [0.05, 0.1) is 20.3 Å². The van der Waals surface area contributed by atoms with E-state index in [2.05, 4.69) is 0 Å². The van der Waals surface area contributed by atoms with Crippen LogP contribution >= 0.6 is 11.8 Å². The van der Waals surface area contributed by atoms with Crippen LogP contribution in [0.4, 0.5) is 18.9 Å². The highest BCUT2D eigenvalue weighted by Crippen LogP contribution is 2.39. The van der Waals surface area contributed by atoms with Gasteiger partial charge in [-0.2, -0.15) is 13.2 Å². The summed E-state index contributed by atoms with van der Waals surface area (Å²) in [5, 5.41) is 11.0. The van der Waals surface area contributed by atoms with Gasteiger partial charge < -0.3 is 0 Å². The highest BCUT2D eigenvalue weighted by molar-refractivity contribution is 7.99. The molecule has 0 N–H and O–H groups in total. The minimum atomic E-state index is -4.68. The summed E-state index contributed by atoms with van der Waals surface area (Å²) < 4.78 is 60.7. The fourth-order valence-corrected chi connectivity index (χ4v) is 3.34. The van der Waals surface area contributed by atoms with Gasteiger partial charge in [-0.05, 0) is 36.4 Å². The molecule has 2 rings (SSSR count). The lowest BCUT2D eigenvalue weighted by Gasteiger charge is -2.09. The van der Waals surface area contributed by atoms with E-state index < -0.39 is 32.2 Å². The highest BCUT2D eigenvalue weighted by atomic mass is 32.2. The van der Waals surface area contributed by atoms with Gasteiger partial charge in [0.25, 0.3) is 5.69 Å². The average Bonchev–Trinajstić information content (AvgIpc) is 2.46. The number of nitro groups is 1. The molecule has 0 amide bonds. The molecule has 0 saturated heterocycles. The second kappa shape index (κ2) is 6.44. The number of halogens is 3. The second-order valence-electron chi connectivity index (χ2n) is 4.78. The predicted molar refractivity (Wildman–Crippen MR) is 81.8 cm³/mol. The first-order chi connectivity index (χ1) is 11.0. The largest absolute Gasteiger partial charge is 0.416 e. The van der Waals surface area contributed by atoms with Gasteiger partial charge in [0.15, 0.2) is 9.84 Å². The van der Waals surface area contributed by atoms with E-state index in [4.69, 9.17) is 0 Å². The van der Waals surface area contributed by atoms with Crippen molar-refractivity contribution < 1.29 is 26.5 Å². The Hall–Kier alpha value is -2.07. The van der Waals surface area contributed by atoms with E-state index in [1.54, 1.807) is 0 Å². The minimum absolute atomic E-state index is 0.0279. The Morgan fingerprint density at radius 1 is 1.08 bits per heavy atom. The van der Waals surface area contributed by atoms with Crippen LogP contribution < -0.4 is 0 Å². The van der Waals surface area contributed by atoms with Gasteiger partial charge in [-0.15, -0.1) is 0 Å². The zero-order valence-electron chi connectivity index (χ0n) is 12.1. The summed E-state index contributed by atoms with van der Waals surface area (Å²) in [4.78, 5) is 10.7. The van der Waals surface area contributed by atoms with E-state index in [1.807, 2.05) is 0 Å². The van der Waals surface area contributed by atoms with E-state index >= 15 is 0 Å². The standard InChI is InChI=1S/C14H10F3NO4S2/c1-24(21,22)11-5-3-10(4-6-11)23-13-7-2-9(14(15,16)17)8-12(13)18(19)20/h2-8H,1H3. The first-order valence-electron chi connectivity index (χ1n) is 6.32. The Balaban J connectivity index is 2.37. The third kappa shape index (κ3) is 4.26. The van der Waals surface area contributed by atoms with E-state index in [1.165, 1.54) is 24.3 Å². The normalized spacial score (nSPS) is 12.2. The molecule has 0 aliphatic rings. The Morgan fingerprint density at radius 2 is 1.67 bits per heavy atom. The lowest BCUT2D eigenvalue weighted by molar-refractivity contribution is -0.388. The van der Waals surface area contributed by atoms with Crippen LogP contribution in [-0.4, -0.2) is 19.6 Å². The van der Waals surface area contributed by atoms with Crippen LogP contribution in [0, 0.1) is 10.1 Å². The summed E-state index contributed by atoms with van der Waals surface area (Å²) in [6.45, 7) is 0. The number of sulfone groups is 1. The molecule has 2 aromatic carbocycles. The third-order valence-electron chi connectivity index (χ3n) is 2.96. The molecule has 24 heavy (non-hydrogen) atoms. The summed E-state index contributed by atoms with van der Waals surface area (Å²) in [5.41, 5.74) is -1.77. The van der Waals surface area contributed by atoms with Gasteiger partial charge in [0.2, 0.25) is 0 Å². The van der Waals surface area contributed by atoms with Crippen molar-refractivity contribution >= 4 is 27.3 Å². The smallest absolute Gasteiger partial charge is 0.258 e. The molecule has 0 aliphatic carbocycles. The van der Waals surface area contributed by atoms with E-state index in [-0.39, 0.29) is 9.79 Å². The monoisotopic (exact) mass is 377 g/mol. The number of hydrogen-bond acceptors (Lipinski definition) is 5. The fraction of sp³-hybridized carbons (Fsp3) is 0.143. The van der Waals surface area contributed by atoms with E-state index in [9.17, 15) is 31.7 Å². The molecule has 0 radical (unpaired) electrons. The SMILES string of the molecule is CS(=O)(=O)c1ccc(Sc2ccc(C(F)(F)F)cc2[N+](=O)[O-])cc1. The van der Waals surface area contributed by atoms with Gasteiger partial charge in [-0.1, -0.05) is 11.8 Å². The molecular weight excluding hydrogens is 367 g/mol. The van der Waals surface area contributed by atoms with Crippen LogP contribution in [-0.2, 0) is 16.0 Å². The van der Waals surface area contributed by atoms with Crippen molar-refractivity contribution in [3.05, 3.63) is 58.1 Å². The van der Waals surface area contributed by atoms with Crippen LogP contribution in [0.1, 0.15) is 5.56 Å². The third-order valence-corrected chi connectivity index (χ3v) is 5.16. The Kier molecular flexibility index (Phi) is 4.90. The van der Waals surface area contributed by atoms with Crippen molar-refractivity contribution in [2.75, 3.05) is 6.26 Å². The topological polar surface area (TPSA) is 77.3 Å². The number of rotatable bonds is 4. The van der Waals surface area contributed by atoms with Crippen molar-refractivity contribution in [3.63, 3.8) is 0 Å². The Morgan fingerprint density at radius 3 is 2.12 bits per heavy atom. The molecule has 128 valence electrons. The average molecular weight is 377 g/mol. The van der Waals surface area contributed by atoms with E-state index in [0.29, 0.717) is 11.0 Å². The molecule has 2 aromatic rings. The molecule has 0 atom stereocenters. The van der Waals surface area contributed by atoms with Gasteiger partial charge >= 0.3 is 6.18 Å². The predicted octanol–water partition coefficient (Wildman–Crippen LogP) is 4.17. The van der Waals surface area contributed by atoms with Gasteiger partial charge in [0, 0.05) is 17.2 Å². The van der Waals surface area contributed by atoms with Crippen LogP contribution in [0.15, 0.2) is 57.2 Å². The van der Waals surface area contributed by atoms with Gasteiger partial charge in [-0.3, -0.25) is 10.1 Å². The molecular formula is C14H10F3NO4S2. The molecule has 10 heteroatoms. The number of hydrogen-bond donors (Lipinski definition) is 0. The number of nitro benzene ring substituents is 1. The van der Waals surface area contributed by atoms with Crippen LogP contribution in [0.3, 0.4) is 0 Å². The maximum atomic E-state index is 12.7. The maximum absolute atomic E-state index is 12.7. The molecule has 0 spiro atoms. The molecule has 0 saturated carbocycles. The lowest BCUT2D eigenvalue weighted by atomic mass is 10.2. The summed E-state index contributed by atoms with van der Waals surface area (Å²) in [6, 6.07) is 7.79. The quantitative estimate of drug-likeness (QED) is 0.590. The molecule has 0 aliphatic heterocycles. The van der Waals surface area contributed by atoms with Crippen molar-refractivity contribution in [1.29, 1.82) is 0 Å². The minimum Gasteiger partial charge on any atom is -0.258 e. The van der Waals surface area contributed by atoms with Crippen molar-refractivity contribution in [2.24, 2.45) is 0 Å². The molecule has 5 nitrogen and oxygen atoms in total. The van der Waals surface area contributed by atoms with Crippen molar-refractivity contribution in [1.82, 2.24) is 0 Å². The van der Waals surface area contributed by atoms with Crippen LogP contribution in [0.25, 0.3) is 0 Å². The van der Waals surface area contributed by atoms with Gasteiger partial charge in [-0.25, -0.2) is 8.42 Å². The highest BCUT2D eigenvalue weighted by Gasteiger charge is 2.33. The Bertz CT molecular complexity index is 878. The molecule has 0 aromatic heterocycles. The molecule has 0 heterocycles. The first kappa shape index (κ1) is 18.3. The zero-order valence-corrected chi connectivity index (χ0v) is 13.7. The zero-order chi connectivity index (χ0) is 18.1. The van der Waals surface area contributed by atoms with Crippen molar-refractivity contribution in [2.45, 2.75) is 20.9 Å². The van der Waals surface area contributed by atoms with E-state index in [0.717, 1.165) is 30.2 Å². The lowest BCUT2D eigenvalue weighted by Crippen LogP contribution is -2.05. The van der Waals surface area contributed by atoms with Crippen molar-refractivity contribution in [3.8, 4) is 0 Å². The van der Waals surface area contributed by atoms with Crippen LogP contribution in [0.5, 0.6) is 0 Å². The summed E-state index contributed by atoms with van der Waals surface area (Å²) in [5.74, 6) is 0. The maximum Gasteiger partial charge on any atom is 0.416 e. The summed E-state index contributed by atoms with van der Waals surface area (Å²) in [6.07, 6.45) is -3.64.